The molecule has 0 aromatic carbocycles. The van der Waals surface area contributed by atoms with Crippen molar-refractivity contribution in [1.29, 1.82) is 10.7 Å². The van der Waals surface area contributed by atoms with Crippen LogP contribution in [0.25, 0.3) is 5.57 Å². The summed E-state index contributed by atoms with van der Waals surface area (Å²) in [7, 11) is 0. The lowest BCUT2D eigenvalue weighted by molar-refractivity contribution is -0.178. The van der Waals surface area contributed by atoms with Crippen molar-refractivity contribution in [2.45, 2.75) is 39.2 Å². The van der Waals surface area contributed by atoms with Gasteiger partial charge in [0, 0.05) is 42.6 Å². The van der Waals surface area contributed by atoms with Gasteiger partial charge in [0.25, 0.3) is 0 Å². The summed E-state index contributed by atoms with van der Waals surface area (Å²) in [5, 5.41) is 17.9. The van der Waals surface area contributed by atoms with E-state index >= 15 is 0 Å². The molecule has 35 heavy (non-hydrogen) atoms. The number of anilines is 1. The van der Waals surface area contributed by atoms with Gasteiger partial charge in [0.1, 0.15) is 18.0 Å². The van der Waals surface area contributed by atoms with Crippen LogP contribution < -0.4 is 10.6 Å². The van der Waals surface area contributed by atoms with Gasteiger partial charge in [-0.1, -0.05) is 12.2 Å². The lowest BCUT2D eigenvalue weighted by Crippen LogP contribution is -2.43. The Balaban J connectivity index is 1.62. The minimum Gasteiger partial charge on any atom is -0.402 e. The molecule has 0 aliphatic carbocycles. The maximum atomic E-state index is 14.1. The van der Waals surface area contributed by atoms with Crippen molar-refractivity contribution in [2.24, 2.45) is 11.7 Å². The number of rotatable bonds is 7. The van der Waals surface area contributed by atoms with E-state index in [-0.39, 0.29) is 23.4 Å². The Bertz CT molecular complexity index is 1110. The Morgan fingerprint density at radius 2 is 2.09 bits per heavy atom. The van der Waals surface area contributed by atoms with E-state index in [9.17, 15) is 9.18 Å². The number of carbonyl (C=O) groups excluding carboxylic acids is 1. The first-order valence-electron chi connectivity index (χ1n) is 11.5. The van der Waals surface area contributed by atoms with E-state index in [4.69, 9.17) is 21.2 Å². The molecule has 1 aromatic rings. The number of piperidine rings is 1. The van der Waals surface area contributed by atoms with Crippen LogP contribution in [0.2, 0.25) is 0 Å². The van der Waals surface area contributed by atoms with E-state index < -0.39 is 5.83 Å². The number of nitrogens with two attached hydrogens (primary N) is 1. The van der Waals surface area contributed by atoms with E-state index in [1.54, 1.807) is 26.0 Å². The predicted molar refractivity (Wildman–Crippen MR) is 131 cm³/mol. The molecule has 3 N–H and O–H groups in total. The van der Waals surface area contributed by atoms with Crippen LogP contribution in [-0.4, -0.2) is 52.9 Å². The van der Waals surface area contributed by atoms with Crippen molar-refractivity contribution in [1.82, 2.24) is 15.0 Å². The molecule has 3 heterocycles. The van der Waals surface area contributed by atoms with Gasteiger partial charge in [-0.3, -0.25) is 9.63 Å². The summed E-state index contributed by atoms with van der Waals surface area (Å²) in [6.07, 6.45) is 10.0. The molecule has 0 bridgehead atoms. The number of aromatic nitrogens is 2. The first-order valence-corrected chi connectivity index (χ1v) is 11.5. The Morgan fingerprint density at radius 3 is 2.71 bits per heavy atom. The van der Waals surface area contributed by atoms with E-state index in [1.807, 2.05) is 6.07 Å². The summed E-state index contributed by atoms with van der Waals surface area (Å²) in [6.45, 7) is 5.03. The summed E-state index contributed by atoms with van der Waals surface area (Å²) in [5.74, 6) is -0.149. The van der Waals surface area contributed by atoms with Gasteiger partial charge in [-0.15, -0.1) is 0 Å². The smallest absolute Gasteiger partial charge is 0.249 e. The van der Waals surface area contributed by atoms with Crippen LogP contribution in [0.1, 0.15) is 38.8 Å². The summed E-state index contributed by atoms with van der Waals surface area (Å²) in [5.41, 5.74) is 7.72. The zero-order valence-corrected chi connectivity index (χ0v) is 19.9. The van der Waals surface area contributed by atoms with Crippen molar-refractivity contribution in [2.75, 3.05) is 24.6 Å². The van der Waals surface area contributed by atoms with Crippen LogP contribution in [0.15, 0.2) is 53.8 Å². The van der Waals surface area contributed by atoms with Crippen molar-refractivity contribution < 1.29 is 14.0 Å². The molecule has 2 fully saturated rings. The second-order valence-corrected chi connectivity index (χ2v) is 8.36. The number of amides is 1. The first kappa shape index (κ1) is 25.8. The van der Waals surface area contributed by atoms with Gasteiger partial charge in [-0.25, -0.2) is 19.4 Å². The molecule has 0 saturated carbocycles. The van der Waals surface area contributed by atoms with Crippen molar-refractivity contribution in [3.8, 4) is 6.07 Å². The molecule has 1 atom stereocenters. The van der Waals surface area contributed by atoms with Crippen LogP contribution in [0.4, 0.5) is 10.2 Å². The topological polar surface area (TPSA) is 132 Å². The van der Waals surface area contributed by atoms with Gasteiger partial charge in [0.2, 0.25) is 5.91 Å². The number of nitrogens with one attached hydrogen (secondary N) is 1. The highest BCUT2D eigenvalue weighted by molar-refractivity contribution is 6.08. The third-order valence-corrected chi connectivity index (χ3v) is 6.04. The number of nitrogens with zero attached hydrogens (tertiary/aromatic N) is 5. The maximum Gasteiger partial charge on any atom is 0.249 e. The second-order valence-electron chi connectivity index (χ2n) is 8.36. The fraction of sp³-hybridized carbons (Fsp3) is 0.400. The van der Waals surface area contributed by atoms with Gasteiger partial charge < -0.3 is 16.0 Å². The highest BCUT2D eigenvalue weighted by Gasteiger charge is 2.35. The number of carbonyl (C=O) groups is 1. The van der Waals surface area contributed by atoms with Crippen molar-refractivity contribution in [3.63, 3.8) is 0 Å². The third-order valence-electron chi connectivity index (χ3n) is 6.04. The summed E-state index contributed by atoms with van der Waals surface area (Å²) < 4.78 is 14.1. The fourth-order valence-electron chi connectivity index (χ4n) is 4.06. The Labute approximate surface area is 204 Å². The van der Waals surface area contributed by atoms with Gasteiger partial charge in [-0.2, -0.15) is 5.26 Å². The fourth-order valence-corrected chi connectivity index (χ4v) is 4.06. The molecule has 2 aliphatic heterocycles. The van der Waals surface area contributed by atoms with Crippen LogP contribution in [0.5, 0.6) is 0 Å². The Hall–Kier alpha value is -3.84. The molecule has 184 valence electrons. The molecular weight excluding hydrogens is 449 g/mol. The minimum atomic E-state index is -0.553. The third kappa shape index (κ3) is 6.39. The van der Waals surface area contributed by atoms with Gasteiger partial charge in [0.05, 0.1) is 30.0 Å². The molecule has 0 radical (unpaired) electrons. The van der Waals surface area contributed by atoms with Crippen LogP contribution in [0.3, 0.4) is 0 Å². The van der Waals surface area contributed by atoms with E-state index in [2.05, 4.69) is 14.9 Å². The molecule has 2 saturated heterocycles. The summed E-state index contributed by atoms with van der Waals surface area (Å²) in [6, 6.07) is 3.35. The second kappa shape index (κ2) is 12.0. The van der Waals surface area contributed by atoms with Crippen LogP contribution in [-0.2, 0) is 9.63 Å². The zero-order valence-electron chi connectivity index (χ0n) is 19.9. The molecule has 1 aromatic heterocycles. The number of hydroxylamine groups is 2. The maximum absolute atomic E-state index is 14.1. The molecule has 3 rings (SSSR count). The van der Waals surface area contributed by atoms with E-state index in [0.29, 0.717) is 55.9 Å². The largest absolute Gasteiger partial charge is 0.402 e. The molecule has 0 spiro atoms. The predicted octanol–water partition coefficient (Wildman–Crippen LogP) is 3.44. The minimum absolute atomic E-state index is 0.108. The van der Waals surface area contributed by atoms with E-state index in [0.717, 1.165) is 11.9 Å². The molecular formula is C25H30FN7O2. The van der Waals surface area contributed by atoms with Gasteiger partial charge >= 0.3 is 0 Å². The Kier molecular flexibility index (Phi) is 8.86. The van der Waals surface area contributed by atoms with Crippen LogP contribution in [0, 0.1) is 22.7 Å². The number of allylic oxidation sites excluding steroid dienone is 7. The van der Waals surface area contributed by atoms with Gasteiger partial charge in [0.15, 0.2) is 0 Å². The molecule has 9 nitrogen and oxygen atoms in total. The SMILES string of the molecule is C\C=C(C#N)/C=C(F)\C=C\[C@@H]1CCON1C(=O)C1CCN(c2cc(C(C=N)=C(C)N)ncn2)CC1. The number of halogens is 1. The lowest BCUT2D eigenvalue weighted by Gasteiger charge is -2.34. The highest BCUT2D eigenvalue weighted by Crippen LogP contribution is 2.28. The highest BCUT2D eigenvalue weighted by atomic mass is 19.1. The average molecular weight is 480 g/mol. The molecule has 1 amide bonds. The van der Waals surface area contributed by atoms with Crippen molar-refractivity contribution in [3.05, 3.63) is 59.5 Å². The molecule has 2 aliphatic rings. The normalized spacial score (nSPS) is 20.7. The number of hydrogen-bond acceptors (Lipinski definition) is 8. The average Bonchev–Trinajstić information content (AvgIpc) is 3.35. The molecule has 0 unspecified atom stereocenters. The zero-order chi connectivity index (χ0) is 25.4. The van der Waals surface area contributed by atoms with Gasteiger partial charge in [-0.05, 0) is 45.3 Å². The molecule has 10 heteroatoms. The summed E-state index contributed by atoms with van der Waals surface area (Å²) in [4.78, 5) is 29.4. The lowest BCUT2D eigenvalue weighted by atomic mass is 9.95. The number of hydrogen-bond donors (Lipinski definition) is 2. The quantitative estimate of drug-likeness (QED) is 0.348. The standard InChI is InChI=1S/C25H30FN7O2/c1-3-18(14-27)12-20(26)4-5-21-8-11-35-33(21)25(34)19-6-9-32(10-7-19)24-13-23(30-16-31-24)22(15-28)17(2)29/h3-5,12-13,15-16,19,21,28H,6-11,29H2,1-2H3/b5-4+,18-3+,20-12+,22-17?,28-15?/t21-/m1/s1. The van der Waals surface area contributed by atoms with E-state index in [1.165, 1.54) is 29.8 Å². The van der Waals surface area contributed by atoms with Crippen LogP contribution >= 0.6 is 0 Å². The van der Waals surface area contributed by atoms with Crippen molar-refractivity contribution >= 4 is 23.5 Å². The first-order chi connectivity index (χ1) is 16.9. The monoisotopic (exact) mass is 479 g/mol. The summed E-state index contributed by atoms with van der Waals surface area (Å²) >= 11 is 0. The number of nitriles is 1. The Morgan fingerprint density at radius 1 is 1.34 bits per heavy atom.